The molecule has 1 aliphatic carbocycles. The lowest BCUT2D eigenvalue weighted by Crippen LogP contribution is -2.47. The second kappa shape index (κ2) is 4.94. The molecule has 86 valence electrons. The molecule has 4 heteroatoms. The standard InChI is InChI=1S/C11H20N2O2/c14-10-4-2-1-3-9(10)13-11(15)8-5-6-12-7-8/h8-10,12,14H,1-7H2,(H,13,15)/t8?,9-,10-/m0/s1. The monoisotopic (exact) mass is 212 g/mol. The van der Waals surface area contributed by atoms with Crippen LogP contribution in [0.15, 0.2) is 0 Å². The van der Waals surface area contributed by atoms with Gasteiger partial charge in [0.05, 0.1) is 18.1 Å². The van der Waals surface area contributed by atoms with Crippen molar-refractivity contribution < 1.29 is 9.90 Å². The van der Waals surface area contributed by atoms with Gasteiger partial charge in [-0.2, -0.15) is 0 Å². The Bertz CT molecular complexity index is 227. The molecule has 2 rings (SSSR count). The third kappa shape index (κ3) is 2.69. The van der Waals surface area contributed by atoms with Crippen molar-refractivity contribution >= 4 is 5.91 Å². The molecule has 0 aromatic rings. The summed E-state index contributed by atoms with van der Waals surface area (Å²) >= 11 is 0. The summed E-state index contributed by atoms with van der Waals surface area (Å²) in [6.45, 7) is 1.72. The van der Waals surface area contributed by atoms with E-state index < -0.39 is 0 Å². The van der Waals surface area contributed by atoms with E-state index in [9.17, 15) is 9.90 Å². The molecule has 0 aromatic heterocycles. The van der Waals surface area contributed by atoms with E-state index in [0.717, 1.165) is 45.2 Å². The number of aliphatic hydroxyl groups excluding tert-OH is 1. The lowest BCUT2D eigenvalue weighted by atomic mass is 9.92. The van der Waals surface area contributed by atoms with Gasteiger partial charge in [-0.05, 0) is 25.8 Å². The Labute approximate surface area is 90.4 Å². The quantitative estimate of drug-likeness (QED) is 0.604. The number of carbonyl (C=O) groups excluding carboxylic acids is 1. The molecule has 1 amide bonds. The van der Waals surface area contributed by atoms with Crippen LogP contribution in [0.5, 0.6) is 0 Å². The van der Waals surface area contributed by atoms with Crippen LogP contribution < -0.4 is 10.6 Å². The fourth-order valence-corrected chi connectivity index (χ4v) is 2.46. The van der Waals surface area contributed by atoms with Crippen LogP contribution in [0.2, 0.25) is 0 Å². The summed E-state index contributed by atoms with van der Waals surface area (Å²) in [6, 6.07) is -0.00755. The highest BCUT2D eigenvalue weighted by molar-refractivity contribution is 5.79. The first-order valence-electron chi connectivity index (χ1n) is 5.96. The summed E-state index contributed by atoms with van der Waals surface area (Å²) in [6.07, 6.45) is 4.54. The van der Waals surface area contributed by atoms with Crippen LogP contribution in [0.25, 0.3) is 0 Å². The van der Waals surface area contributed by atoms with Crippen molar-refractivity contribution in [3.05, 3.63) is 0 Å². The predicted molar refractivity (Wildman–Crippen MR) is 57.4 cm³/mol. The van der Waals surface area contributed by atoms with Crippen molar-refractivity contribution in [2.45, 2.75) is 44.2 Å². The number of amides is 1. The summed E-state index contributed by atoms with van der Waals surface area (Å²) in [5.41, 5.74) is 0. The van der Waals surface area contributed by atoms with Crippen molar-refractivity contribution in [2.75, 3.05) is 13.1 Å². The summed E-state index contributed by atoms with van der Waals surface area (Å²) in [4.78, 5) is 11.8. The smallest absolute Gasteiger partial charge is 0.224 e. The third-order valence-corrected chi connectivity index (χ3v) is 3.49. The SMILES string of the molecule is O=C(N[C@H]1CCCC[C@@H]1O)C1CCNC1. The van der Waals surface area contributed by atoms with E-state index in [0.29, 0.717) is 0 Å². The zero-order valence-corrected chi connectivity index (χ0v) is 9.04. The Morgan fingerprint density at radius 2 is 2.07 bits per heavy atom. The number of rotatable bonds is 2. The molecule has 1 heterocycles. The number of aliphatic hydroxyl groups is 1. The van der Waals surface area contributed by atoms with Gasteiger partial charge in [-0.25, -0.2) is 0 Å². The Morgan fingerprint density at radius 3 is 2.73 bits per heavy atom. The van der Waals surface area contributed by atoms with Crippen molar-refractivity contribution in [2.24, 2.45) is 5.92 Å². The van der Waals surface area contributed by atoms with E-state index in [1.54, 1.807) is 0 Å². The Balaban J connectivity index is 1.81. The van der Waals surface area contributed by atoms with Crippen molar-refractivity contribution in [3.8, 4) is 0 Å². The molecular weight excluding hydrogens is 192 g/mol. The second-order valence-electron chi connectivity index (χ2n) is 4.66. The van der Waals surface area contributed by atoms with Crippen molar-refractivity contribution in [1.82, 2.24) is 10.6 Å². The summed E-state index contributed by atoms with van der Waals surface area (Å²) in [7, 11) is 0. The molecule has 2 fully saturated rings. The lowest BCUT2D eigenvalue weighted by Gasteiger charge is -2.29. The van der Waals surface area contributed by atoms with E-state index >= 15 is 0 Å². The average molecular weight is 212 g/mol. The Morgan fingerprint density at radius 1 is 1.27 bits per heavy atom. The van der Waals surface area contributed by atoms with Crippen molar-refractivity contribution in [1.29, 1.82) is 0 Å². The average Bonchev–Trinajstić information content (AvgIpc) is 2.74. The molecule has 15 heavy (non-hydrogen) atoms. The summed E-state index contributed by atoms with van der Waals surface area (Å²) in [5.74, 6) is 0.227. The second-order valence-corrected chi connectivity index (χ2v) is 4.66. The van der Waals surface area contributed by atoms with Gasteiger partial charge in [0.1, 0.15) is 0 Å². The van der Waals surface area contributed by atoms with E-state index in [-0.39, 0.29) is 24.0 Å². The predicted octanol–water partition coefficient (Wildman–Crippen LogP) is 0.0156. The molecule has 0 aromatic carbocycles. The summed E-state index contributed by atoms with van der Waals surface area (Å²) in [5, 5.41) is 15.9. The molecule has 2 aliphatic rings. The van der Waals surface area contributed by atoms with E-state index in [4.69, 9.17) is 0 Å². The van der Waals surface area contributed by atoms with Crippen LogP contribution in [0.1, 0.15) is 32.1 Å². The van der Waals surface area contributed by atoms with Gasteiger partial charge in [-0.15, -0.1) is 0 Å². The molecule has 1 saturated heterocycles. The van der Waals surface area contributed by atoms with Gasteiger partial charge >= 0.3 is 0 Å². The highest BCUT2D eigenvalue weighted by Gasteiger charge is 2.28. The Kier molecular flexibility index (Phi) is 3.59. The number of carbonyl (C=O) groups is 1. The molecule has 3 N–H and O–H groups in total. The molecule has 0 radical (unpaired) electrons. The lowest BCUT2D eigenvalue weighted by molar-refractivity contribution is -0.126. The number of hydrogen-bond acceptors (Lipinski definition) is 3. The van der Waals surface area contributed by atoms with Crippen LogP contribution in [-0.2, 0) is 4.79 Å². The third-order valence-electron chi connectivity index (χ3n) is 3.49. The first-order chi connectivity index (χ1) is 7.27. The van der Waals surface area contributed by atoms with Crippen LogP contribution in [0.4, 0.5) is 0 Å². The molecule has 3 atom stereocenters. The first-order valence-corrected chi connectivity index (χ1v) is 5.96. The van der Waals surface area contributed by atoms with Crippen molar-refractivity contribution in [3.63, 3.8) is 0 Å². The molecule has 0 spiro atoms. The first kappa shape index (κ1) is 10.9. The zero-order chi connectivity index (χ0) is 10.7. The Hall–Kier alpha value is -0.610. The molecular formula is C11H20N2O2. The van der Waals surface area contributed by atoms with E-state index in [2.05, 4.69) is 10.6 Å². The maximum absolute atomic E-state index is 11.8. The van der Waals surface area contributed by atoms with Gasteiger partial charge in [-0.1, -0.05) is 12.8 Å². The van der Waals surface area contributed by atoms with Crippen LogP contribution in [-0.4, -0.2) is 36.2 Å². The molecule has 4 nitrogen and oxygen atoms in total. The largest absolute Gasteiger partial charge is 0.391 e. The highest BCUT2D eigenvalue weighted by Crippen LogP contribution is 2.19. The van der Waals surface area contributed by atoms with Crippen LogP contribution in [0.3, 0.4) is 0 Å². The van der Waals surface area contributed by atoms with Gasteiger partial charge in [0.25, 0.3) is 0 Å². The minimum absolute atomic E-state index is 0.00755. The van der Waals surface area contributed by atoms with Gasteiger partial charge in [-0.3, -0.25) is 4.79 Å². The van der Waals surface area contributed by atoms with Crippen LogP contribution >= 0.6 is 0 Å². The fourth-order valence-electron chi connectivity index (χ4n) is 2.46. The van der Waals surface area contributed by atoms with Gasteiger partial charge in [0.15, 0.2) is 0 Å². The number of hydrogen-bond donors (Lipinski definition) is 3. The maximum atomic E-state index is 11.8. The van der Waals surface area contributed by atoms with E-state index in [1.165, 1.54) is 0 Å². The number of nitrogens with one attached hydrogen (secondary N) is 2. The maximum Gasteiger partial charge on any atom is 0.224 e. The van der Waals surface area contributed by atoms with Gasteiger partial charge in [0.2, 0.25) is 5.91 Å². The topological polar surface area (TPSA) is 61.4 Å². The fraction of sp³-hybridized carbons (Fsp3) is 0.909. The summed E-state index contributed by atoms with van der Waals surface area (Å²) < 4.78 is 0. The minimum Gasteiger partial charge on any atom is -0.391 e. The zero-order valence-electron chi connectivity index (χ0n) is 9.04. The van der Waals surface area contributed by atoms with Crippen LogP contribution in [0, 0.1) is 5.92 Å². The molecule has 1 unspecified atom stereocenters. The van der Waals surface area contributed by atoms with Gasteiger partial charge < -0.3 is 15.7 Å². The van der Waals surface area contributed by atoms with E-state index in [1.807, 2.05) is 0 Å². The molecule has 1 saturated carbocycles. The molecule has 0 bridgehead atoms. The minimum atomic E-state index is -0.336. The highest BCUT2D eigenvalue weighted by atomic mass is 16.3. The van der Waals surface area contributed by atoms with Gasteiger partial charge in [0, 0.05) is 6.54 Å². The molecule has 1 aliphatic heterocycles. The normalized spacial score (nSPS) is 36.5.